The lowest BCUT2D eigenvalue weighted by Crippen LogP contribution is -2.46. The first kappa shape index (κ1) is 19.6. The molecular weight excluding hydrogens is 434 g/mol. The summed E-state index contributed by atoms with van der Waals surface area (Å²) < 4.78 is 0.801. The van der Waals surface area contributed by atoms with Gasteiger partial charge in [-0.2, -0.15) is 0 Å². The number of rotatable bonds is 4. The first-order valence-electron chi connectivity index (χ1n) is 9.61. The Morgan fingerprint density at radius 1 is 1.10 bits per heavy atom. The van der Waals surface area contributed by atoms with E-state index in [1.807, 2.05) is 18.3 Å². The highest BCUT2D eigenvalue weighted by Crippen LogP contribution is 2.27. The van der Waals surface area contributed by atoms with E-state index in [4.69, 9.17) is 0 Å². The van der Waals surface area contributed by atoms with Crippen LogP contribution in [0.2, 0.25) is 0 Å². The molecule has 0 bridgehead atoms. The van der Waals surface area contributed by atoms with E-state index in [9.17, 15) is 9.59 Å². The monoisotopic (exact) mass is 455 g/mol. The molecule has 1 fully saturated rings. The third-order valence-electron chi connectivity index (χ3n) is 5.29. The molecule has 0 saturated carbocycles. The summed E-state index contributed by atoms with van der Waals surface area (Å²) in [6.07, 6.45) is 3.44. The summed E-state index contributed by atoms with van der Waals surface area (Å²) in [6, 6.07) is 9.17. The zero-order valence-corrected chi connectivity index (χ0v) is 17.7. The fourth-order valence-electron chi connectivity index (χ4n) is 3.57. The van der Waals surface area contributed by atoms with Gasteiger partial charge in [-0.15, -0.1) is 0 Å². The molecule has 0 radical (unpaired) electrons. The quantitative estimate of drug-likeness (QED) is 0.545. The predicted octanol–water partition coefficient (Wildman–Crippen LogP) is 2.71. The highest BCUT2D eigenvalue weighted by atomic mass is 79.9. The van der Waals surface area contributed by atoms with E-state index < -0.39 is 5.91 Å². The van der Waals surface area contributed by atoms with E-state index in [0.29, 0.717) is 22.5 Å². The van der Waals surface area contributed by atoms with Gasteiger partial charge in [-0.1, -0.05) is 22.9 Å². The molecule has 1 aromatic heterocycles. The number of benzene rings is 1. The van der Waals surface area contributed by atoms with Gasteiger partial charge in [-0.3, -0.25) is 14.9 Å². The second kappa shape index (κ2) is 8.34. The topological polar surface area (TPSA) is 77.6 Å². The molecule has 4 rings (SSSR count). The molecule has 8 heteroatoms. The molecule has 1 saturated heterocycles. The molecule has 7 nitrogen and oxygen atoms in total. The minimum Gasteiger partial charge on any atom is -0.368 e. The molecule has 2 aliphatic rings. The van der Waals surface area contributed by atoms with Crippen molar-refractivity contribution >= 4 is 44.8 Å². The largest absolute Gasteiger partial charge is 0.368 e. The summed E-state index contributed by atoms with van der Waals surface area (Å²) in [4.78, 5) is 33.6. The Bertz CT molecular complexity index is 966. The van der Waals surface area contributed by atoms with Crippen molar-refractivity contribution < 1.29 is 9.59 Å². The van der Waals surface area contributed by atoms with Gasteiger partial charge in [0.05, 0.1) is 17.5 Å². The van der Waals surface area contributed by atoms with Gasteiger partial charge < -0.3 is 15.1 Å². The van der Waals surface area contributed by atoms with Crippen molar-refractivity contribution in [1.82, 2.24) is 15.2 Å². The second-order valence-electron chi connectivity index (χ2n) is 7.00. The SMILES string of the molecule is CCN1CCN(c2ccc(NC=C3C(=O)NC(=O)c4ccc(Br)cc43)nc2)CC1. The number of piperazine rings is 1. The Balaban J connectivity index is 1.49. The fourth-order valence-corrected chi connectivity index (χ4v) is 3.93. The van der Waals surface area contributed by atoms with E-state index in [1.165, 1.54) is 0 Å². The molecule has 0 atom stereocenters. The molecule has 2 aliphatic heterocycles. The molecular formula is C21H22BrN5O2. The number of nitrogens with one attached hydrogen (secondary N) is 2. The van der Waals surface area contributed by atoms with Crippen LogP contribution in [0.5, 0.6) is 0 Å². The number of amides is 2. The number of anilines is 2. The van der Waals surface area contributed by atoms with Crippen LogP contribution in [-0.4, -0.2) is 54.4 Å². The molecule has 29 heavy (non-hydrogen) atoms. The summed E-state index contributed by atoms with van der Waals surface area (Å²) in [7, 11) is 0. The number of halogens is 1. The number of fused-ring (bicyclic) bond motifs is 1. The van der Waals surface area contributed by atoms with Crippen molar-refractivity contribution in [3.8, 4) is 0 Å². The number of imide groups is 1. The van der Waals surface area contributed by atoms with Gasteiger partial charge in [-0.25, -0.2) is 4.98 Å². The maximum absolute atomic E-state index is 12.3. The standard InChI is InChI=1S/C21H22BrN5O2/c1-2-26-7-9-27(10-8-26)15-4-6-19(23-12-15)24-13-18-17-11-14(22)3-5-16(17)20(28)25-21(18)29/h3-6,11-13H,2,7-10H2,1H3,(H,23,24)(H,25,28,29). The predicted molar refractivity (Wildman–Crippen MR) is 117 cm³/mol. The van der Waals surface area contributed by atoms with Gasteiger partial charge in [0.25, 0.3) is 11.8 Å². The average Bonchev–Trinajstić information content (AvgIpc) is 2.74. The number of aromatic nitrogens is 1. The number of hydrogen-bond acceptors (Lipinski definition) is 6. The molecule has 2 aromatic rings. The van der Waals surface area contributed by atoms with Crippen molar-refractivity contribution in [2.24, 2.45) is 0 Å². The van der Waals surface area contributed by atoms with Crippen LogP contribution in [0.15, 0.2) is 47.2 Å². The van der Waals surface area contributed by atoms with Crippen molar-refractivity contribution in [2.75, 3.05) is 42.9 Å². The van der Waals surface area contributed by atoms with Gasteiger partial charge >= 0.3 is 0 Å². The molecule has 1 aromatic carbocycles. The van der Waals surface area contributed by atoms with Crippen LogP contribution >= 0.6 is 15.9 Å². The number of carbonyl (C=O) groups is 2. The smallest absolute Gasteiger partial charge is 0.260 e. The van der Waals surface area contributed by atoms with Crippen molar-refractivity contribution in [1.29, 1.82) is 0 Å². The summed E-state index contributed by atoms with van der Waals surface area (Å²) in [5, 5.41) is 5.45. The second-order valence-corrected chi connectivity index (χ2v) is 7.91. The summed E-state index contributed by atoms with van der Waals surface area (Å²) in [6.45, 7) is 7.38. The minimum absolute atomic E-state index is 0.389. The van der Waals surface area contributed by atoms with E-state index in [2.05, 4.69) is 48.3 Å². The van der Waals surface area contributed by atoms with Crippen molar-refractivity contribution in [2.45, 2.75) is 6.92 Å². The molecule has 0 spiro atoms. The maximum Gasteiger partial charge on any atom is 0.260 e. The van der Waals surface area contributed by atoms with Gasteiger partial charge in [0.15, 0.2) is 0 Å². The van der Waals surface area contributed by atoms with Gasteiger partial charge in [-0.05, 0) is 36.9 Å². The van der Waals surface area contributed by atoms with Gasteiger partial charge in [0.1, 0.15) is 5.82 Å². The number of pyridine rings is 1. The summed E-state index contributed by atoms with van der Waals surface area (Å²) in [5.74, 6) is -0.187. The normalized spacial score (nSPS) is 18.6. The highest BCUT2D eigenvalue weighted by Gasteiger charge is 2.27. The third-order valence-corrected chi connectivity index (χ3v) is 5.78. The van der Waals surface area contributed by atoms with Crippen LogP contribution in [-0.2, 0) is 4.79 Å². The zero-order chi connectivity index (χ0) is 20.4. The summed E-state index contributed by atoms with van der Waals surface area (Å²) in [5.41, 5.74) is 2.54. The van der Waals surface area contributed by atoms with Crippen LogP contribution in [0, 0.1) is 0 Å². The van der Waals surface area contributed by atoms with Crippen LogP contribution in [0.4, 0.5) is 11.5 Å². The van der Waals surface area contributed by atoms with Crippen LogP contribution in [0.3, 0.4) is 0 Å². The van der Waals surface area contributed by atoms with Crippen molar-refractivity contribution in [3.05, 3.63) is 58.3 Å². The Labute approximate surface area is 177 Å². The van der Waals surface area contributed by atoms with E-state index >= 15 is 0 Å². The zero-order valence-electron chi connectivity index (χ0n) is 16.1. The Morgan fingerprint density at radius 2 is 1.90 bits per heavy atom. The van der Waals surface area contributed by atoms with E-state index in [-0.39, 0.29) is 5.91 Å². The molecule has 3 heterocycles. The fraction of sp³-hybridized carbons (Fsp3) is 0.286. The third kappa shape index (κ3) is 4.18. The first-order valence-corrected chi connectivity index (χ1v) is 10.4. The minimum atomic E-state index is -0.432. The molecule has 2 amide bonds. The van der Waals surface area contributed by atoms with Gasteiger partial charge in [0, 0.05) is 48.0 Å². The number of hydrogen-bond donors (Lipinski definition) is 2. The lowest BCUT2D eigenvalue weighted by Gasteiger charge is -2.35. The molecule has 0 aliphatic carbocycles. The van der Waals surface area contributed by atoms with Crippen LogP contribution in [0.1, 0.15) is 22.8 Å². The van der Waals surface area contributed by atoms with Gasteiger partial charge in [0.2, 0.25) is 0 Å². The number of carbonyl (C=O) groups excluding carboxylic acids is 2. The highest BCUT2D eigenvalue weighted by molar-refractivity contribution is 9.10. The Kier molecular flexibility index (Phi) is 5.64. The Hall–Kier alpha value is -2.71. The maximum atomic E-state index is 12.3. The lowest BCUT2D eigenvalue weighted by atomic mass is 9.96. The summed E-state index contributed by atoms with van der Waals surface area (Å²) >= 11 is 3.40. The lowest BCUT2D eigenvalue weighted by molar-refractivity contribution is -0.114. The van der Waals surface area contributed by atoms with Crippen LogP contribution in [0.25, 0.3) is 5.57 Å². The molecule has 0 unspecified atom stereocenters. The van der Waals surface area contributed by atoms with E-state index in [1.54, 1.807) is 24.4 Å². The average molecular weight is 456 g/mol. The molecule has 2 N–H and O–H groups in total. The van der Waals surface area contributed by atoms with Crippen molar-refractivity contribution in [3.63, 3.8) is 0 Å². The van der Waals surface area contributed by atoms with Crippen LogP contribution < -0.4 is 15.5 Å². The first-order chi connectivity index (χ1) is 14.0. The number of nitrogens with zero attached hydrogens (tertiary/aromatic N) is 3. The van der Waals surface area contributed by atoms with E-state index in [0.717, 1.165) is 42.9 Å². The number of likely N-dealkylation sites (N-methyl/N-ethyl adjacent to an activating group) is 1. The molecule has 150 valence electrons. The Morgan fingerprint density at radius 3 is 2.59 bits per heavy atom.